The lowest BCUT2D eigenvalue weighted by molar-refractivity contribution is -0.116. The molecule has 150 valence electrons. The summed E-state index contributed by atoms with van der Waals surface area (Å²) in [5, 5.41) is 2.70. The van der Waals surface area contributed by atoms with Crippen LogP contribution in [0.3, 0.4) is 0 Å². The molecule has 28 heavy (non-hydrogen) atoms. The van der Waals surface area contributed by atoms with Crippen LogP contribution in [0.4, 0.5) is 5.69 Å². The lowest BCUT2D eigenvalue weighted by Gasteiger charge is -2.21. The van der Waals surface area contributed by atoms with Gasteiger partial charge in [-0.3, -0.25) is 4.79 Å². The summed E-state index contributed by atoms with van der Waals surface area (Å²) in [6.07, 6.45) is 0. The molecule has 0 spiro atoms. The smallest absolute Gasteiger partial charge is 0.243 e. The van der Waals surface area contributed by atoms with Crippen molar-refractivity contribution in [2.75, 3.05) is 32.1 Å². The number of carbonyl (C=O) groups is 1. The molecule has 0 aromatic heterocycles. The second kappa shape index (κ2) is 7.81. The van der Waals surface area contributed by atoms with Crippen LogP contribution in [0.2, 0.25) is 0 Å². The highest BCUT2D eigenvalue weighted by Gasteiger charge is 2.26. The van der Waals surface area contributed by atoms with E-state index in [0.29, 0.717) is 41.5 Å². The number of likely N-dealkylation sites (N-methyl/N-ethyl adjacent to an activating group) is 1. The van der Waals surface area contributed by atoms with Crippen LogP contribution in [0.1, 0.15) is 16.7 Å². The topological polar surface area (TPSA) is 84.9 Å². The van der Waals surface area contributed by atoms with Crippen LogP contribution < -0.4 is 14.8 Å². The molecular weight excluding hydrogens is 380 g/mol. The summed E-state index contributed by atoms with van der Waals surface area (Å²) < 4.78 is 37.9. The molecule has 7 nitrogen and oxygen atoms in total. The Morgan fingerprint density at radius 3 is 2.29 bits per heavy atom. The van der Waals surface area contributed by atoms with E-state index in [9.17, 15) is 13.2 Å². The predicted octanol–water partition coefficient (Wildman–Crippen LogP) is 2.64. The average molecular weight is 404 g/mol. The third kappa shape index (κ3) is 4.13. The van der Waals surface area contributed by atoms with Crippen LogP contribution in [0, 0.1) is 20.8 Å². The number of nitrogens with one attached hydrogen (secondary N) is 1. The first-order valence-electron chi connectivity index (χ1n) is 8.92. The van der Waals surface area contributed by atoms with Gasteiger partial charge in [0.25, 0.3) is 0 Å². The van der Waals surface area contributed by atoms with E-state index in [0.717, 1.165) is 9.87 Å². The molecule has 0 saturated carbocycles. The van der Waals surface area contributed by atoms with Crippen molar-refractivity contribution < 1.29 is 22.7 Å². The molecule has 1 aliphatic heterocycles. The number of amides is 1. The monoisotopic (exact) mass is 404 g/mol. The second-order valence-corrected chi connectivity index (χ2v) is 8.88. The number of benzene rings is 2. The summed E-state index contributed by atoms with van der Waals surface area (Å²) in [7, 11) is -2.39. The fraction of sp³-hybridized carbons (Fsp3) is 0.350. The third-order valence-corrected chi connectivity index (χ3v) is 6.57. The van der Waals surface area contributed by atoms with E-state index < -0.39 is 15.9 Å². The van der Waals surface area contributed by atoms with Gasteiger partial charge in [-0.15, -0.1) is 0 Å². The van der Waals surface area contributed by atoms with E-state index in [1.165, 1.54) is 7.05 Å². The van der Waals surface area contributed by atoms with Gasteiger partial charge >= 0.3 is 0 Å². The van der Waals surface area contributed by atoms with E-state index >= 15 is 0 Å². The van der Waals surface area contributed by atoms with E-state index in [1.54, 1.807) is 32.0 Å². The summed E-state index contributed by atoms with van der Waals surface area (Å²) in [4.78, 5) is 12.6. The Labute approximate surface area is 165 Å². The quantitative estimate of drug-likeness (QED) is 0.828. The first kappa shape index (κ1) is 20.2. The molecule has 0 fully saturated rings. The molecule has 2 aromatic rings. The molecule has 0 bridgehead atoms. The summed E-state index contributed by atoms with van der Waals surface area (Å²) in [6.45, 7) is 6.07. The lowest BCUT2D eigenvalue weighted by Crippen LogP contribution is -2.35. The molecule has 0 saturated heterocycles. The van der Waals surface area contributed by atoms with Crippen LogP contribution >= 0.6 is 0 Å². The standard InChI is InChI=1S/C20H24N2O5S/c1-13-9-14(2)20(15(3)10-13)28(24,25)22(4)12-19(23)21-16-5-6-17-18(11-16)27-8-7-26-17/h5-6,9-11H,7-8,12H2,1-4H3,(H,21,23). The van der Waals surface area contributed by atoms with Gasteiger partial charge in [-0.1, -0.05) is 17.7 Å². The van der Waals surface area contributed by atoms with Gasteiger partial charge in [-0.2, -0.15) is 4.31 Å². The van der Waals surface area contributed by atoms with Crippen molar-refractivity contribution in [1.82, 2.24) is 4.31 Å². The minimum atomic E-state index is -3.79. The number of anilines is 1. The number of ether oxygens (including phenoxy) is 2. The van der Waals surface area contributed by atoms with Crippen molar-refractivity contribution in [3.05, 3.63) is 47.0 Å². The number of rotatable bonds is 5. The number of fused-ring (bicyclic) bond motifs is 1. The van der Waals surface area contributed by atoms with Crippen molar-refractivity contribution >= 4 is 21.6 Å². The van der Waals surface area contributed by atoms with Crippen molar-refractivity contribution in [3.63, 3.8) is 0 Å². The Morgan fingerprint density at radius 1 is 1.04 bits per heavy atom. The fourth-order valence-corrected chi connectivity index (χ4v) is 4.87. The van der Waals surface area contributed by atoms with Gasteiger partial charge in [-0.25, -0.2) is 8.42 Å². The minimum absolute atomic E-state index is 0.243. The lowest BCUT2D eigenvalue weighted by atomic mass is 10.1. The molecule has 0 aliphatic carbocycles. The number of carbonyl (C=O) groups excluding carboxylic acids is 1. The van der Waals surface area contributed by atoms with Gasteiger partial charge in [-0.05, 0) is 44.0 Å². The Kier molecular flexibility index (Phi) is 5.62. The molecular formula is C20H24N2O5S. The molecule has 3 rings (SSSR count). The molecule has 8 heteroatoms. The maximum Gasteiger partial charge on any atom is 0.243 e. The number of sulfonamides is 1. The van der Waals surface area contributed by atoms with Crippen molar-refractivity contribution in [2.45, 2.75) is 25.7 Å². The number of aryl methyl sites for hydroxylation is 3. The second-order valence-electron chi connectivity index (χ2n) is 6.90. The largest absolute Gasteiger partial charge is 0.486 e. The van der Waals surface area contributed by atoms with E-state index in [2.05, 4.69) is 5.32 Å². The van der Waals surface area contributed by atoms with Gasteiger partial charge in [0.2, 0.25) is 15.9 Å². The zero-order chi connectivity index (χ0) is 20.5. The van der Waals surface area contributed by atoms with Gasteiger partial charge in [0, 0.05) is 18.8 Å². The SMILES string of the molecule is Cc1cc(C)c(S(=O)(=O)N(C)CC(=O)Nc2ccc3c(c2)OCCO3)c(C)c1. The maximum atomic E-state index is 13.0. The average Bonchev–Trinajstić information content (AvgIpc) is 2.60. The number of hydrogen-bond donors (Lipinski definition) is 1. The fourth-order valence-electron chi connectivity index (χ4n) is 3.34. The first-order chi connectivity index (χ1) is 13.2. The molecule has 2 aromatic carbocycles. The summed E-state index contributed by atoms with van der Waals surface area (Å²) in [5.41, 5.74) is 2.84. The van der Waals surface area contributed by atoms with Crippen LogP contribution in [0.15, 0.2) is 35.2 Å². The minimum Gasteiger partial charge on any atom is -0.486 e. The Morgan fingerprint density at radius 2 is 1.64 bits per heavy atom. The first-order valence-corrected chi connectivity index (χ1v) is 10.4. The van der Waals surface area contributed by atoms with Crippen LogP contribution in [0.25, 0.3) is 0 Å². The zero-order valence-corrected chi connectivity index (χ0v) is 17.2. The maximum absolute atomic E-state index is 13.0. The van der Waals surface area contributed by atoms with Crippen LogP contribution in [-0.2, 0) is 14.8 Å². The molecule has 0 atom stereocenters. The van der Waals surface area contributed by atoms with E-state index in [1.807, 2.05) is 19.1 Å². The van der Waals surface area contributed by atoms with Gasteiger partial charge in [0.15, 0.2) is 11.5 Å². The molecule has 1 N–H and O–H groups in total. The molecule has 1 amide bonds. The molecule has 0 radical (unpaired) electrons. The van der Waals surface area contributed by atoms with Crippen molar-refractivity contribution in [3.8, 4) is 11.5 Å². The normalized spacial score (nSPS) is 13.5. The summed E-state index contributed by atoms with van der Waals surface area (Å²) in [6, 6.07) is 8.71. The summed E-state index contributed by atoms with van der Waals surface area (Å²) >= 11 is 0. The third-order valence-electron chi connectivity index (χ3n) is 4.47. The highest BCUT2D eigenvalue weighted by atomic mass is 32.2. The Bertz CT molecular complexity index is 994. The van der Waals surface area contributed by atoms with Crippen molar-refractivity contribution in [1.29, 1.82) is 0 Å². The van der Waals surface area contributed by atoms with Crippen LogP contribution in [0.5, 0.6) is 11.5 Å². The van der Waals surface area contributed by atoms with Crippen molar-refractivity contribution in [2.24, 2.45) is 0 Å². The van der Waals surface area contributed by atoms with Gasteiger partial charge in [0.05, 0.1) is 11.4 Å². The highest BCUT2D eigenvalue weighted by molar-refractivity contribution is 7.89. The van der Waals surface area contributed by atoms with Gasteiger partial charge < -0.3 is 14.8 Å². The van der Waals surface area contributed by atoms with E-state index in [4.69, 9.17) is 9.47 Å². The predicted molar refractivity (Wildman–Crippen MR) is 107 cm³/mol. The Hall–Kier alpha value is -2.58. The summed E-state index contributed by atoms with van der Waals surface area (Å²) in [5.74, 6) is 0.732. The molecule has 0 unspecified atom stereocenters. The zero-order valence-electron chi connectivity index (χ0n) is 16.4. The molecule has 1 aliphatic rings. The molecule has 1 heterocycles. The Balaban J connectivity index is 1.73. The number of nitrogens with zero attached hydrogens (tertiary/aromatic N) is 1. The van der Waals surface area contributed by atoms with Gasteiger partial charge in [0.1, 0.15) is 13.2 Å². The van der Waals surface area contributed by atoms with E-state index in [-0.39, 0.29) is 11.4 Å². The number of hydrogen-bond acceptors (Lipinski definition) is 5. The highest BCUT2D eigenvalue weighted by Crippen LogP contribution is 2.32. The van der Waals surface area contributed by atoms with Crippen LogP contribution in [-0.4, -0.2) is 45.4 Å².